The van der Waals surface area contributed by atoms with Gasteiger partial charge in [-0.3, -0.25) is 4.79 Å². The first-order valence-corrected chi connectivity index (χ1v) is 5.91. The third kappa shape index (κ3) is 2.39. The summed E-state index contributed by atoms with van der Waals surface area (Å²) in [5, 5.41) is 0.535. The van der Waals surface area contributed by atoms with Gasteiger partial charge >= 0.3 is 5.97 Å². The summed E-state index contributed by atoms with van der Waals surface area (Å²) in [5.74, 6) is -0.519. The van der Waals surface area contributed by atoms with Gasteiger partial charge in [0.2, 0.25) is 0 Å². The number of aromatic nitrogens is 1. The number of nitrogens with one attached hydrogen (secondary N) is 1. The Morgan fingerprint density at radius 1 is 1.41 bits per heavy atom. The lowest BCUT2D eigenvalue weighted by molar-refractivity contribution is 0.0520. The van der Waals surface area contributed by atoms with E-state index in [0.29, 0.717) is 10.9 Å². The van der Waals surface area contributed by atoms with Crippen molar-refractivity contribution in [2.75, 3.05) is 6.61 Å². The lowest BCUT2D eigenvalue weighted by Crippen LogP contribution is -2.12. The van der Waals surface area contributed by atoms with E-state index in [1.54, 1.807) is 25.1 Å². The van der Waals surface area contributed by atoms with Crippen LogP contribution in [0.3, 0.4) is 0 Å². The van der Waals surface area contributed by atoms with Gasteiger partial charge in [0, 0.05) is 21.4 Å². The van der Waals surface area contributed by atoms with Gasteiger partial charge in [-0.25, -0.2) is 4.79 Å². The molecule has 0 amide bonds. The van der Waals surface area contributed by atoms with Crippen LogP contribution in [0.25, 0.3) is 10.9 Å². The van der Waals surface area contributed by atoms with Crippen LogP contribution in [0.5, 0.6) is 0 Å². The van der Waals surface area contributed by atoms with Crippen LogP contribution in [-0.2, 0) is 4.74 Å². The van der Waals surface area contributed by atoms with Crippen molar-refractivity contribution in [3.63, 3.8) is 0 Å². The molecule has 0 saturated carbocycles. The number of aromatic amines is 1. The molecular formula is C12H10BrNO3. The maximum Gasteiger partial charge on any atom is 0.354 e. The molecule has 1 heterocycles. The first-order chi connectivity index (χ1) is 8.11. The molecule has 2 rings (SSSR count). The quantitative estimate of drug-likeness (QED) is 0.866. The summed E-state index contributed by atoms with van der Waals surface area (Å²) in [6, 6.07) is 6.51. The highest BCUT2D eigenvalue weighted by molar-refractivity contribution is 9.10. The minimum absolute atomic E-state index is 0.173. The van der Waals surface area contributed by atoms with E-state index < -0.39 is 5.97 Å². The number of rotatable bonds is 2. The summed E-state index contributed by atoms with van der Waals surface area (Å²) in [6.07, 6.45) is 0. The van der Waals surface area contributed by atoms with Crippen LogP contribution < -0.4 is 5.43 Å². The number of carbonyl (C=O) groups is 1. The van der Waals surface area contributed by atoms with Gasteiger partial charge < -0.3 is 9.72 Å². The van der Waals surface area contributed by atoms with Crippen LogP contribution in [0.15, 0.2) is 33.5 Å². The average molecular weight is 296 g/mol. The van der Waals surface area contributed by atoms with Crippen molar-refractivity contribution in [1.29, 1.82) is 0 Å². The molecule has 88 valence electrons. The summed E-state index contributed by atoms with van der Waals surface area (Å²) in [5.41, 5.74) is 0.582. The van der Waals surface area contributed by atoms with Crippen molar-refractivity contribution >= 4 is 32.8 Å². The van der Waals surface area contributed by atoms with Crippen molar-refractivity contribution in [1.82, 2.24) is 4.98 Å². The van der Waals surface area contributed by atoms with Gasteiger partial charge in [-0.05, 0) is 25.1 Å². The van der Waals surface area contributed by atoms with Crippen molar-refractivity contribution in [3.8, 4) is 0 Å². The second kappa shape index (κ2) is 4.71. The number of hydrogen-bond donors (Lipinski definition) is 1. The van der Waals surface area contributed by atoms with Crippen LogP contribution in [0, 0.1) is 0 Å². The van der Waals surface area contributed by atoms with Gasteiger partial charge in [-0.15, -0.1) is 0 Å². The standard InChI is InChI=1S/C12H10BrNO3/c1-2-17-12(16)10-6-11(15)8-5-7(13)3-4-9(8)14-10/h3-6H,2H2,1H3,(H,14,15). The van der Waals surface area contributed by atoms with E-state index in [4.69, 9.17) is 4.74 Å². The molecule has 0 bridgehead atoms. The van der Waals surface area contributed by atoms with E-state index in [1.165, 1.54) is 6.07 Å². The Morgan fingerprint density at radius 3 is 2.88 bits per heavy atom. The Bertz CT molecular complexity index is 633. The highest BCUT2D eigenvalue weighted by Gasteiger charge is 2.10. The summed E-state index contributed by atoms with van der Waals surface area (Å²) in [4.78, 5) is 26.2. The fourth-order valence-corrected chi connectivity index (χ4v) is 1.90. The largest absolute Gasteiger partial charge is 0.461 e. The number of carbonyl (C=O) groups excluding carboxylic acids is 1. The van der Waals surface area contributed by atoms with Crippen LogP contribution in [-0.4, -0.2) is 17.6 Å². The van der Waals surface area contributed by atoms with Crippen molar-refractivity contribution in [3.05, 3.63) is 44.7 Å². The molecule has 0 aliphatic carbocycles. The summed E-state index contributed by atoms with van der Waals surface area (Å²) in [6.45, 7) is 1.99. The zero-order valence-electron chi connectivity index (χ0n) is 9.12. The van der Waals surface area contributed by atoms with E-state index in [2.05, 4.69) is 20.9 Å². The molecular weight excluding hydrogens is 286 g/mol. The fourth-order valence-electron chi connectivity index (χ4n) is 1.54. The van der Waals surface area contributed by atoms with Crippen molar-refractivity contribution in [2.45, 2.75) is 6.92 Å². The van der Waals surface area contributed by atoms with E-state index in [1.807, 2.05) is 0 Å². The smallest absolute Gasteiger partial charge is 0.354 e. The Kier molecular flexibility index (Phi) is 3.28. The first kappa shape index (κ1) is 11.9. The summed E-state index contributed by atoms with van der Waals surface area (Å²) >= 11 is 3.29. The van der Waals surface area contributed by atoms with Gasteiger partial charge in [0.05, 0.1) is 6.61 Å². The molecule has 0 aliphatic rings. The van der Waals surface area contributed by atoms with Crippen LogP contribution in [0.1, 0.15) is 17.4 Å². The normalized spacial score (nSPS) is 10.5. The zero-order chi connectivity index (χ0) is 12.4. The van der Waals surface area contributed by atoms with E-state index in [0.717, 1.165) is 4.47 Å². The predicted molar refractivity (Wildman–Crippen MR) is 68.2 cm³/mol. The van der Waals surface area contributed by atoms with E-state index >= 15 is 0 Å². The first-order valence-electron chi connectivity index (χ1n) is 5.11. The molecule has 17 heavy (non-hydrogen) atoms. The highest BCUT2D eigenvalue weighted by atomic mass is 79.9. The average Bonchev–Trinajstić information content (AvgIpc) is 2.30. The van der Waals surface area contributed by atoms with Crippen molar-refractivity contribution in [2.24, 2.45) is 0 Å². The predicted octanol–water partition coefficient (Wildman–Crippen LogP) is 2.47. The van der Waals surface area contributed by atoms with E-state index in [-0.39, 0.29) is 17.7 Å². The summed E-state index contributed by atoms with van der Waals surface area (Å²) < 4.78 is 5.66. The number of pyridine rings is 1. The van der Waals surface area contributed by atoms with Crippen LogP contribution in [0.2, 0.25) is 0 Å². The number of hydrogen-bond acceptors (Lipinski definition) is 3. The molecule has 0 saturated heterocycles. The van der Waals surface area contributed by atoms with Crippen LogP contribution >= 0.6 is 15.9 Å². The van der Waals surface area contributed by atoms with Crippen molar-refractivity contribution < 1.29 is 9.53 Å². The van der Waals surface area contributed by atoms with Gasteiger partial charge in [0.15, 0.2) is 5.43 Å². The maximum absolute atomic E-state index is 11.8. The molecule has 0 unspecified atom stereocenters. The Labute approximate surface area is 106 Å². The zero-order valence-corrected chi connectivity index (χ0v) is 10.7. The lowest BCUT2D eigenvalue weighted by atomic mass is 10.2. The Hall–Kier alpha value is -1.62. The van der Waals surface area contributed by atoms with Gasteiger partial charge in [0.25, 0.3) is 0 Å². The van der Waals surface area contributed by atoms with Crippen LogP contribution in [0.4, 0.5) is 0 Å². The summed E-state index contributed by atoms with van der Waals surface area (Å²) in [7, 11) is 0. The Morgan fingerprint density at radius 2 is 2.18 bits per heavy atom. The topological polar surface area (TPSA) is 59.2 Å². The monoisotopic (exact) mass is 295 g/mol. The number of esters is 1. The van der Waals surface area contributed by atoms with Gasteiger partial charge in [-0.1, -0.05) is 15.9 Å². The molecule has 0 aliphatic heterocycles. The molecule has 0 atom stereocenters. The minimum Gasteiger partial charge on any atom is -0.461 e. The van der Waals surface area contributed by atoms with Gasteiger partial charge in [0.1, 0.15) is 5.69 Å². The molecule has 1 aromatic carbocycles. The number of halogens is 1. The molecule has 0 fully saturated rings. The molecule has 0 spiro atoms. The SMILES string of the molecule is CCOC(=O)c1cc(=O)c2cc(Br)ccc2[nH]1. The minimum atomic E-state index is -0.519. The number of benzene rings is 1. The fraction of sp³-hybridized carbons (Fsp3) is 0.167. The highest BCUT2D eigenvalue weighted by Crippen LogP contribution is 2.15. The molecule has 0 radical (unpaired) electrons. The molecule has 1 aromatic heterocycles. The number of fused-ring (bicyclic) bond motifs is 1. The molecule has 5 heteroatoms. The van der Waals surface area contributed by atoms with E-state index in [9.17, 15) is 9.59 Å². The lowest BCUT2D eigenvalue weighted by Gasteiger charge is -2.04. The second-order valence-corrected chi connectivity index (χ2v) is 4.37. The number of H-pyrrole nitrogens is 1. The molecule has 1 N–H and O–H groups in total. The number of ether oxygens (including phenoxy) is 1. The Balaban J connectivity index is 2.60. The second-order valence-electron chi connectivity index (χ2n) is 3.46. The maximum atomic E-state index is 11.8. The molecule has 4 nitrogen and oxygen atoms in total. The molecule has 2 aromatic rings. The third-order valence-electron chi connectivity index (χ3n) is 2.29. The third-order valence-corrected chi connectivity index (χ3v) is 2.78. The van der Waals surface area contributed by atoms with Gasteiger partial charge in [-0.2, -0.15) is 0 Å².